The molecule has 158 valence electrons. The van der Waals surface area contributed by atoms with Gasteiger partial charge in [-0.3, -0.25) is 9.69 Å². The number of rotatable bonds is 10. The molecule has 1 aromatic rings. The molecule has 0 saturated heterocycles. The van der Waals surface area contributed by atoms with E-state index in [9.17, 15) is 26.4 Å². The van der Waals surface area contributed by atoms with Gasteiger partial charge in [-0.15, -0.1) is 13.2 Å². The highest BCUT2D eigenvalue weighted by Crippen LogP contribution is 2.26. The van der Waals surface area contributed by atoms with Crippen LogP contribution in [0.2, 0.25) is 0 Å². The summed E-state index contributed by atoms with van der Waals surface area (Å²) in [5, 5.41) is 2.76. The number of benzene rings is 1. The number of halogens is 3. The lowest BCUT2D eigenvalue weighted by Gasteiger charge is -2.24. The molecule has 28 heavy (non-hydrogen) atoms. The van der Waals surface area contributed by atoms with Gasteiger partial charge in [0.1, 0.15) is 5.75 Å². The summed E-state index contributed by atoms with van der Waals surface area (Å²) in [6.45, 7) is 2.36. The number of carbonyl (C=O) groups excluding carboxylic acids is 1. The molecule has 1 aliphatic carbocycles. The summed E-state index contributed by atoms with van der Waals surface area (Å²) in [6, 6.07) is 4.58. The molecule has 0 bridgehead atoms. The number of ether oxygens (including phenoxy) is 1. The highest BCUT2D eigenvalue weighted by molar-refractivity contribution is 7.89. The molecular formula is C17H24F3N3O4S. The zero-order valence-electron chi connectivity index (χ0n) is 15.6. The van der Waals surface area contributed by atoms with Gasteiger partial charge in [0, 0.05) is 31.6 Å². The van der Waals surface area contributed by atoms with Crippen LogP contribution in [0, 0.1) is 0 Å². The predicted molar refractivity (Wildman–Crippen MR) is 96.2 cm³/mol. The van der Waals surface area contributed by atoms with Crippen molar-refractivity contribution in [2.24, 2.45) is 0 Å². The molecule has 0 aliphatic heterocycles. The number of amides is 1. The second kappa shape index (κ2) is 9.10. The zero-order chi connectivity index (χ0) is 20.9. The van der Waals surface area contributed by atoms with Crippen LogP contribution in [0.1, 0.15) is 26.2 Å². The predicted octanol–water partition coefficient (Wildman–Crippen LogP) is 1.85. The van der Waals surface area contributed by atoms with Gasteiger partial charge in [0.25, 0.3) is 0 Å². The van der Waals surface area contributed by atoms with Gasteiger partial charge in [0.15, 0.2) is 0 Å². The Hall–Kier alpha value is -1.85. The van der Waals surface area contributed by atoms with Crippen LogP contribution in [-0.4, -0.2) is 57.8 Å². The van der Waals surface area contributed by atoms with Crippen LogP contribution in [0.15, 0.2) is 29.2 Å². The quantitative estimate of drug-likeness (QED) is 0.600. The monoisotopic (exact) mass is 423 g/mol. The van der Waals surface area contributed by atoms with Crippen molar-refractivity contribution >= 4 is 15.9 Å². The van der Waals surface area contributed by atoms with Crippen molar-refractivity contribution in [1.29, 1.82) is 0 Å². The number of sulfonamides is 1. The average molecular weight is 423 g/mol. The Bertz CT molecular complexity index is 765. The highest BCUT2D eigenvalue weighted by Gasteiger charge is 2.31. The van der Waals surface area contributed by atoms with Crippen LogP contribution >= 0.6 is 0 Å². The maximum absolute atomic E-state index is 12.1. The first-order chi connectivity index (χ1) is 13.0. The van der Waals surface area contributed by atoms with Crippen LogP contribution in [0.4, 0.5) is 13.2 Å². The van der Waals surface area contributed by atoms with E-state index in [1.165, 1.54) is 12.8 Å². The van der Waals surface area contributed by atoms with Gasteiger partial charge in [-0.2, -0.15) is 0 Å². The SMILES string of the molecule is CC(CNC(=O)CCNS(=O)(=O)c1ccc(OC(F)(F)F)cc1)N(C)C1CC1. The fourth-order valence-corrected chi connectivity index (χ4v) is 3.57. The summed E-state index contributed by atoms with van der Waals surface area (Å²) in [6.07, 6.45) is -2.56. The molecule has 1 unspecified atom stereocenters. The smallest absolute Gasteiger partial charge is 0.406 e. The third-order valence-electron chi connectivity index (χ3n) is 4.42. The Kier molecular flexibility index (Phi) is 7.29. The molecule has 2 rings (SSSR count). The van der Waals surface area contributed by atoms with E-state index in [1.807, 2.05) is 14.0 Å². The molecule has 0 heterocycles. The van der Waals surface area contributed by atoms with Crippen molar-refractivity contribution in [3.05, 3.63) is 24.3 Å². The fourth-order valence-electron chi connectivity index (χ4n) is 2.54. The fraction of sp³-hybridized carbons (Fsp3) is 0.588. The Labute approximate surface area is 162 Å². The first-order valence-electron chi connectivity index (χ1n) is 8.82. The summed E-state index contributed by atoms with van der Waals surface area (Å²) in [5.74, 6) is -0.802. The van der Waals surface area contributed by atoms with Crippen molar-refractivity contribution in [1.82, 2.24) is 14.9 Å². The Morgan fingerprint density at radius 3 is 2.43 bits per heavy atom. The summed E-state index contributed by atoms with van der Waals surface area (Å²) in [7, 11) is -1.93. The number of alkyl halides is 3. The van der Waals surface area contributed by atoms with Crippen molar-refractivity contribution < 1.29 is 31.1 Å². The summed E-state index contributed by atoms with van der Waals surface area (Å²) in [4.78, 5) is 13.9. The molecule has 1 aliphatic rings. The van der Waals surface area contributed by atoms with Gasteiger partial charge in [-0.1, -0.05) is 0 Å². The van der Waals surface area contributed by atoms with E-state index in [2.05, 4.69) is 19.7 Å². The standard InChI is InChI=1S/C17H24F3N3O4S/c1-12(23(2)13-3-4-13)11-21-16(24)9-10-22-28(25,26)15-7-5-14(6-8-15)27-17(18,19)20/h5-8,12-13,22H,3-4,9-11H2,1-2H3,(H,21,24). The molecule has 11 heteroatoms. The van der Waals surface area contributed by atoms with E-state index in [0.29, 0.717) is 12.6 Å². The summed E-state index contributed by atoms with van der Waals surface area (Å²) >= 11 is 0. The van der Waals surface area contributed by atoms with Crippen LogP contribution < -0.4 is 14.8 Å². The van der Waals surface area contributed by atoms with Crippen LogP contribution in [0.25, 0.3) is 0 Å². The first kappa shape index (κ1) is 22.4. The topological polar surface area (TPSA) is 87.7 Å². The third kappa shape index (κ3) is 7.28. The molecule has 2 N–H and O–H groups in total. The van der Waals surface area contributed by atoms with Crippen molar-refractivity contribution in [2.45, 2.75) is 49.5 Å². The summed E-state index contributed by atoms with van der Waals surface area (Å²) < 4.78 is 66.6. The number of hydrogen-bond donors (Lipinski definition) is 2. The summed E-state index contributed by atoms with van der Waals surface area (Å²) in [5.41, 5.74) is 0. The highest BCUT2D eigenvalue weighted by atomic mass is 32.2. The number of hydrogen-bond acceptors (Lipinski definition) is 5. The molecule has 0 radical (unpaired) electrons. The van der Waals surface area contributed by atoms with E-state index in [1.54, 1.807) is 0 Å². The molecule has 1 amide bonds. The Morgan fingerprint density at radius 2 is 1.89 bits per heavy atom. The largest absolute Gasteiger partial charge is 0.573 e. The molecule has 1 saturated carbocycles. The first-order valence-corrected chi connectivity index (χ1v) is 10.3. The van der Waals surface area contributed by atoms with E-state index < -0.39 is 22.1 Å². The minimum atomic E-state index is -4.85. The van der Waals surface area contributed by atoms with E-state index >= 15 is 0 Å². The second-order valence-electron chi connectivity index (χ2n) is 6.72. The van der Waals surface area contributed by atoms with E-state index in [-0.39, 0.29) is 29.8 Å². The molecule has 1 fully saturated rings. The van der Waals surface area contributed by atoms with Gasteiger partial charge in [-0.05, 0) is 51.1 Å². The van der Waals surface area contributed by atoms with Gasteiger partial charge >= 0.3 is 6.36 Å². The lowest BCUT2D eigenvalue weighted by molar-refractivity contribution is -0.274. The second-order valence-corrected chi connectivity index (χ2v) is 8.48. The Balaban J connectivity index is 1.75. The minimum Gasteiger partial charge on any atom is -0.406 e. The van der Waals surface area contributed by atoms with Crippen molar-refractivity contribution in [2.75, 3.05) is 20.1 Å². The van der Waals surface area contributed by atoms with Gasteiger partial charge in [0.05, 0.1) is 4.90 Å². The van der Waals surface area contributed by atoms with E-state index in [0.717, 1.165) is 24.3 Å². The average Bonchev–Trinajstić information content (AvgIpc) is 3.43. The minimum absolute atomic E-state index is 0.0473. The van der Waals surface area contributed by atoms with Gasteiger partial charge in [0.2, 0.25) is 15.9 Å². The van der Waals surface area contributed by atoms with E-state index in [4.69, 9.17) is 0 Å². The molecule has 7 nitrogen and oxygen atoms in total. The lowest BCUT2D eigenvalue weighted by atomic mass is 10.3. The number of likely N-dealkylation sites (N-methyl/N-ethyl adjacent to an activating group) is 1. The lowest BCUT2D eigenvalue weighted by Crippen LogP contribution is -2.41. The van der Waals surface area contributed by atoms with Crippen LogP contribution in [0.5, 0.6) is 5.75 Å². The van der Waals surface area contributed by atoms with Gasteiger partial charge < -0.3 is 10.1 Å². The Morgan fingerprint density at radius 1 is 1.29 bits per heavy atom. The number of nitrogens with one attached hydrogen (secondary N) is 2. The maximum Gasteiger partial charge on any atom is 0.573 e. The van der Waals surface area contributed by atoms with Crippen LogP contribution in [-0.2, 0) is 14.8 Å². The number of carbonyl (C=O) groups is 1. The molecule has 0 aromatic heterocycles. The van der Waals surface area contributed by atoms with Crippen LogP contribution in [0.3, 0.4) is 0 Å². The number of nitrogens with zero attached hydrogens (tertiary/aromatic N) is 1. The zero-order valence-corrected chi connectivity index (χ0v) is 16.4. The molecule has 0 spiro atoms. The normalized spacial score (nSPS) is 16.1. The molecular weight excluding hydrogens is 399 g/mol. The molecule has 1 atom stereocenters. The molecule has 1 aromatic carbocycles. The van der Waals surface area contributed by atoms with Crippen molar-refractivity contribution in [3.8, 4) is 5.75 Å². The van der Waals surface area contributed by atoms with Gasteiger partial charge in [-0.25, -0.2) is 13.1 Å². The maximum atomic E-state index is 12.1. The third-order valence-corrected chi connectivity index (χ3v) is 5.90. The van der Waals surface area contributed by atoms with Crippen molar-refractivity contribution in [3.63, 3.8) is 0 Å².